The van der Waals surface area contributed by atoms with Crippen LogP contribution in [0.3, 0.4) is 0 Å². The average Bonchev–Trinajstić information content (AvgIpc) is 3.53. The summed E-state index contributed by atoms with van der Waals surface area (Å²) in [5.41, 5.74) is 4.07. The van der Waals surface area contributed by atoms with Gasteiger partial charge >= 0.3 is 5.97 Å². The highest BCUT2D eigenvalue weighted by molar-refractivity contribution is 7.07. The highest BCUT2D eigenvalue weighted by Gasteiger charge is 2.35. The Morgan fingerprint density at radius 1 is 1.05 bits per heavy atom. The number of rotatable bonds is 8. The summed E-state index contributed by atoms with van der Waals surface area (Å²) >= 11 is 1.31. The lowest BCUT2D eigenvalue weighted by Crippen LogP contribution is -2.40. The van der Waals surface area contributed by atoms with E-state index >= 15 is 0 Å². The summed E-state index contributed by atoms with van der Waals surface area (Å²) in [4.78, 5) is 33.3. The van der Waals surface area contributed by atoms with Gasteiger partial charge in [0.2, 0.25) is 0 Å². The Morgan fingerprint density at radius 3 is 2.50 bits per heavy atom. The number of thiazole rings is 1. The van der Waals surface area contributed by atoms with E-state index in [9.17, 15) is 9.59 Å². The van der Waals surface area contributed by atoms with Crippen LogP contribution in [-0.4, -0.2) is 28.8 Å². The fraction of sp³-hybridized carbons (Fsp3) is 0.147. The second kappa shape index (κ2) is 11.5. The van der Waals surface area contributed by atoms with Crippen molar-refractivity contribution in [1.29, 1.82) is 0 Å². The summed E-state index contributed by atoms with van der Waals surface area (Å²) in [6.45, 7) is 6.49. The van der Waals surface area contributed by atoms with Crippen LogP contribution in [-0.2, 0) is 16.1 Å². The Hall–Kier alpha value is -4.95. The van der Waals surface area contributed by atoms with Crippen molar-refractivity contribution in [2.75, 3.05) is 13.7 Å². The first-order chi connectivity index (χ1) is 20.5. The molecule has 0 bridgehead atoms. The predicted octanol–water partition coefficient (Wildman–Crippen LogP) is 5.08. The molecule has 0 radical (unpaired) electrons. The number of carbonyl (C=O) groups excluding carboxylic acids is 1. The van der Waals surface area contributed by atoms with Crippen LogP contribution < -0.4 is 19.6 Å². The summed E-state index contributed by atoms with van der Waals surface area (Å²) in [6.07, 6.45) is 5.79. The molecule has 8 heteroatoms. The SMILES string of the molecule is C=CCn1cc(/C=c2\sc3n(c2=O)C(c2ccc(OC)cc2)C(C(=O)OCC)=C(c2ccccc2)N=3)c2ccccc21. The van der Waals surface area contributed by atoms with Gasteiger partial charge in [-0.1, -0.05) is 78.1 Å². The molecule has 1 atom stereocenters. The van der Waals surface area contributed by atoms with Gasteiger partial charge in [-0.15, -0.1) is 6.58 Å². The molecule has 1 aliphatic rings. The van der Waals surface area contributed by atoms with Gasteiger partial charge in [0.1, 0.15) is 5.75 Å². The van der Waals surface area contributed by atoms with E-state index in [-0.39, 0.29) is 12.2 Å². The van der Waals surface area contributed by atoms with Crippen LogP contribution in [0.2, 0.25) is 0 Å². The van der Waals surface area contributed by atoms with Crippen molar-refractivity contribution in [3.63, 3.8) is 0 Å². The Balaban J connectivity index is 1.64. The van der Waals surface area contributed by atoms with Crippen molar-refractivity contribution in [3.05, 3.63) is 140 Å². The van der Waals surface area contributed by atoms with E-state index in [1.165, 1.54) is 11.3 Å². The number of para-hydroxylation sites is 1. The summed E-state index contributed by atoms with van der Waals surface area (Å²) in [5, 5.41) is 1.04. The first-order valence-corrected chi connectivity index (χ1v) is 14.5. The van der Waals surface area contributed by atoms with Gasteiger partial charge in [-0.2, -0.15) is 0 Å². The summed E-state index contributed by atoms with van der Waals surface area (Å²) < 4.78 is 15.2. The monoisotopic (exact) mass is 575 g/mol. The highest BCUT2D eigenvalue weighted by Crippen LogP contribution is 2.35. The predicted molar refractivity (Wildman–Crippen MR) is 166 cm³/mol. The molecule has 7 nitrogen and oxygen atoms in total. The standard InChI is InChI=1S/C34H29N3O4S/c1-4-19-36-21-24(26-13-9-10-14-27(26)36)20-28-32(38)37-31(23-15-17-25(40-3)18-16-23)29(33(39)41-5-2)30(35-34(37)42-28)22-11-7-6-8-12-22/h4,6-18,20-21,31H,1,5,19H2,2-3H3/b28-20-. The van der Waals surface area contributed by atoms with Crippen molar-refractivity contribution < 1.29 is 14.3 Å². The zero-order valence-corrected chi connectivity index (χ0v) is 24.1. The van der Waals surface area contributed by atoms with Crippen molar-refractivity contribution in [1.82, 2.24) is 9.13 Å². The number of hydrogen-bond acceptors (Lipinski definition) is 6. The minimum Gasteiger partial charge on any atom is -0.497 e. The average molecular weight is 576 g/mol. The van der Waals surface area contributed by atoms with Crippen LogP contribution >= 0.6 is 11.3 Å². The Morgan fingerprint density at radius 2 is 1.79 bits per heavy atom. The lowest BCUT2D eigenvalue weighted by molar-refractivity contribution is -0.138. The van der Waals surface area contributed by atoms with Crippen molar-refractivity contribution >= 4 is 40.0 Å². The third-order valence-electron chi connectivity index (χ3n) is 7.24. The Kier molecular flexibility index (Phi) is 7.46. The van der Waals surface area contributed by atoms with Gasteiger partial charge in [0, 0.05) is 34.8 Å². The molecule has 3 aromatic carbocycles. The van der Waals surface area contributed by atoms with Gasteiger partial charge in [0.15, 0.2) is 4.80 Å². The Labute approximate surface area is 246 Å². The molecule has 6 rings (SSSR count). The third kappa shape index (κ3) is 4.80. The molecule has 1 aliphatic heterocycles. The number of esters is 1. The molecular formula is C34H29N3O4S. The van der Waals surface area contributed by atoms with Crippen LogP contribution in [0.25, 0.3) is 22.7 Å². The summed E-state index contributed by atoms with van der Waals surface area (Å²) in [7, 11) is 1.60. The third-order valence-corrected chi connectivity index (χ3v) is 8.22. The minimum atomic E-state index is -0.745. The van der Waals surface area contributed by atoms with E-state index < -0.39 is 12.0 Å². The second-order valence-electron chi connectivity index (χ2n) is 9.75. The number of aromatic nitrogens is 2. The molecule has 0 fully saturated rings. The lowest BCUT2D eigenvalue weighted by atomic mass is 9.93. The van der Waals surface area contributed by atoms with E-state index in [1.54, 1.807) is 18.6 Å². The number of ether oxygens (including phenoxy) is 2. The summed E-state index contributed by atoms with van der Waals surface area (Å²) in [5.74, 6) is 0.162. The van der Waals surface area contributed by atoms with E-state index in [4.69, 9.17) is 14.5 Å². The number of allylic oxidation sites excluding steroid dienone is 1. The Bertz CT molecular complexity index is 2020. The molecule has 3 heterocycles. The van der Waals surface area contributed by atoms with Crippen LogP contribution in [0, 0.1) is 0 Å². The van der Waals surface area contributed by atoms with Gasteiger partial charge in [0.25, 0.3) is 5.56 Å². The molecule has 2 aromatic heterocycles. The smallest absolute Gasteiger partial charge is 0.338 e. The number of benzene rings is 3. The quantitative estimate of drug-likeness (QED) is 0.191. The molecule has 0 N–H and O–H groups in total. The number of carbonyl (C=O) groups is 1. The first-order valence-electron chi connectivity index (χ1n) is 13.6. The fourth-order valence-electron chi connectivity index (χ4n) is 5.36. The lowest BCUT2D eigenvalue weighted by Gasteiger charge is -2.26. The van der Waals surface area contributed by atoms with Crippen LogP contribution in [0.5, 0.6) is 5.75 Å². The maximum absolute atomic E-state index is 14.2. The zero-order valence-electron chi connectivity index (χ0n) is 23.3. The zero-order chi connectivity index (χ0) is 29.2. The van der Waals surface area contributed by atoms with Crippen LogP contribution in [0.15, 0.2) is 113 Å². The topological polar surface area (TPSA) is 74.8 Å². The van der Waals surface area contributed by atoms with Gasteiger partial charge < -0.3 is 14.0 Å². The van der Waals surface area contributed by atoms with Crippen LogP contribution in [0.4, 0.5) is 0 Å². The van der Waals surface area contributed by atoms with E-state index in [2.05, 4.69) is 17.2 Å². The van der Waals surface area contributed by atoms with Gasteiger partial charge in [0.05, 0.1) is 35.6 Å². The minimum absolute atomic E-state index is 0.193. The fourth-order valence-corrected chi connectivity index (χ4v) is 6.36. The first kappa shape index (κ1) is 27.2. The maximum Gasteiger partial charge on any atom is 0.338 e. The van der Waals surface area contributed by atoms with E-state index in [0.717, 1.165) is 27.6 Å². The normalized spacial score (nSPS) is 14.9. The number of fused-ring (bicyclic) bond motifs is 2. The van der Waals surface area contributed by atoms with Crippen LogP contribution in [0.1, 0.15) is 29.7 Å². The van der Waals surface area contributed by atoms with Gasteiger partial charge in [-0.05, 0) is 36.8 Å². The molecule has 42 heavy (non-hydrogen) atoms. The molecule has 0 saturated carbocycles. The number of hydrogen-bond donors (Lipinski definition) is 0. The van der Waals surface area contributed by atoms with E-state index in [0.29, 0.717) is 32.9 Å². The molecule has 1 unspecified atom stereocenters. The molecule has 0 saturated heterocycles. The van der Waals surface area contributed by atoms with Crippen molar-refractivity contribution in [2.24, 2.45) is 4.99 Å². The number of methoxy groups -OCH3 is 1. The van der Waals surface area contributed by atoms with Crippen molar-refractivity contribution in [3.8, 4) is 5.75 Å². The summed E-state index contributed by atoms with van der Waals surface area (Å²) in [6, 6.07) is 24.3. The van der Waals surface area contributed by atoms with E-state index in [1.807, 2.05) is 91.1 Å². The van der Waals surface area contributed by atoms with Gasteiger partial charge in [-0.3, -0.25) is 9.36 Å². The largest absolute Gasteiger partial charge is 0.497 e. The molecular weight excluding hydrogens is 546 g/mol. The highest BCUT2D eigenvalue weighted by atomic mass is 32.1. The molecule has 210 valence electrons. The maximum atomic E-state index is 14.2. The molecule has 0 spiro atoms. The van der Waals surface area contributed by atoms with Crippen molar-refractivity contribution in [2.45, 2.75) is 19.5 Å². The second-order valence-corrected chi connectivity index (χ2v) is 10.8. The molecule has 5 aromatic rings. The van der Waals surface area contributed by atoms with Gasteiger partial charge in [-0.25, -0.2) is 9.79 Å². The molecule has 0 amide bonds. The molecule has 0 aliphatic carbocycles. The number of nitrogens with zero attached hydrogens (tertiary/aromatic N) is 3.